The van der Waals surface area contributed by atoms with Gasteiger partial charge < -0.3 is 4.74 Å². The molecule has 0 fully saturated rings. The number of alkyl halides is 3. The number of hydrogen-bond acceptors (Lipinski definition) is 3. The molecule has 21 heavy (non-hydrogen) atoms. The molecule has 0 atom stereocenters. The van der Waals surface area contributed by atoms with Gasteiger partial charge in [0.2, 0.25) is 0 Å². The molecular weight excluding hydrogens is 283 g/mol. The molecule has 0 aliphatic rings. The number of carbonyl (C=O) groups excluding carboxylic acids is 1. The van der Waals surface area contributed by atoms with E-state index in [4.69, 9.17) is 10.00 Å². The van der Waals surface area contributed by atoms with Crippen molar-refractivity contribution in [3.05, 3.63) is 41.0 Å². The number of rotatable bonds is 2. The smallest absolute Gasteiger partial charge is 0.416 e. The van der Waals surface area contributed by atoms with Gasteiger partial charge in [-0.1, -0.05) is 12.1 Å². The number of hydrogen-bond donors (Lipinski definition) is 0. The fourth-order valence-electron chi connectivity index (χ4n) is 1.40. The van der Waals surface area contributed by atoms with Gasteiger partial charge in [0, 0.05) is 0 Å². The van der Waals surface area contributed by atoms with Gasteiger partial charge in [0.25, 0.3) is 0 Å². The molecule has 3 nitrogen and oxygen atoms in total. The Morgan fingerprint density at radius 1 is 1.19 bits per heavy atom. The SMILES string of the molecule is CC(C)(C)OC(=O)C(C#N)=Cc1ccc(C(F)(F)F)cc1. The monoisotopic (exact) mass is 297 g/mol. The van der Waals surface area contributed by atoms with Crippen molar-refractivity contribution in [3.63, 3.8) is 0 Å². The molecule has 0 aliphatic heterocycles. The van der Waals surface area contributed by atoms with E-state index in [2.05, 4.69) is 0 Å². The van der Waals surface area contributed by atoms with Gasteiger partial charge in [0.1, 0.15) is 17.2 Å². The van der Waals surface area contributed by atoms with Gasteiger partial charge in [-0.05, 0) is 44.5 Å². The maximum Gasteiger partial charge on any atom is 0.416 e. The third-order valence-corrected chi connectivity index (χ3v) is 2.29. The average Bonchev–Trinajstić information content (AvgIpc) is 2.33. The molecule has 0 unspecified atom stereocenters. The van der Waals surface area contributed by atoms with Crippen LogP contribution in [0.5, 0.6) is 0 Å². The molecule has 0 N–H and O–H groups in total. The molecular formula is C15H14F3NO2. The summed E-state index contributed by atoms with van der Waals surface area (Å²) in [6, 6.07) is 5.82. The molecule has 0 bridgehead atoms. The van der Waals surface area contributed by atoms with E-state index in [1.54, 1.807) is 26.8 Å². The van der Waals surface area contributed by atoms with Crippen LogP contribution in [-0.2, 0) is 15.7 Å². The van der Waals surface area contributed by atoms with Crippen LogP contribution < -0.4 is 0 Å². The Labute approximate surface area is 120 Å². The Bertz CT molecular complexity index is 587. The lowest BCUT2D eigenvalue weighted by atomic mass is 10.1. The predicted molar refractivity (Wildman–Crippen MR) is 70.9 cm³/mol. The van der Waals surface area contributed by atoms with Crippen LogP contribution in [0.3, 0.4) is 0 Å². The summed E-state index contributed by atoms with van der Waals surface area (Å²) in [5, 5.41) is 8.94. The quantitative estimate of drug-likeness (QED) is 0.472. The molecule has 0 amide bonds. The standard InChI is InChI=1S/C15H14F3NO2/c1-14(2,3)21-13(20)11(9-19)8-10-4-6-12(7-5-10)15(16,17)18/h4-8H,1-3H3. The van der Waals surface area contributed by atoms with Gasteiger partial charge in [-0.2, -0.15) is 18.4 Å². The largest absolute Gasteiger partial charge is 0.456 e. The van der Waals surface area contributed by atoms with Crippen LogP contribution in [0.1, 0.15) is 31.9 Å². The Hall–Kier alpha value is -2.29. The van der Waals surface area contributed by atoms with E-state index in [0.29, 0.717) is 5.56 Å². The molecule has 112 valence electrons. The molecule has 0 radical (unpaired) electrons. The zero-order valence-corrected chi connectivity index (χ0v) is 11.8. The normalized spacial score (nSPS) is 12.7. The van der Waals surface area contributed by atoms with Crippen molar-refractivity contribution in [2.24, 2.45) is 0 Å². The maximum atomic E-state index is 12.4. The first-order valence-electron chi connectivity index (χ1n) is 6.05. The highest BCUT2D eigenvalue weighted by Gasteiger charge is 2.29. The Morgan fingerprint density at radius 3 is 2.10 bits per heavy atom. The van der Waals surface area contributed by atoms with Crippen molar-refractivity contribution in [1.29, 1.82) is 5.26 Å². The lowest BCUT2D eigenvalue weighted by Gasteiger charge is -2.18. The Morgan fingerprint density at radius 2 is 1.71 bits per heavy atom. The van der Waals surface area contributed by atoms with E-state index in [-0.39, 0.29) is 5.57 Å². The fourth-order valence-corrected chi connectivity index (χ4v) is 1.40. The van der Waals surface area contributed by atoms with E-state index in [0.717, 1.165) is 12.1 Å². The summed E-state index contributed by atoms with van der Waals surface area (Å²) in [5.74, 6) is -0.815. The molecule has 0 aromatic heterocycles. The van der Waals surface area contributed by atoms with Crippen molar-refractivity contribution in [2.45, 2.75) is 32.5 Å². The second-order valence-electron chi connectivity index (χ2n) is 5.29. The van der Waals surface area contributed by atoms with Crippen LogP contribution in [0.15, 0.2) is 29.8 Å². The lowest BCUT2D eigenvalue weighted by molar-refractivity contribution is -0.149. The molecule has 0 spiro atoms. The van der Waals surface area contributed by atoms with Crippen molar-refractivity contribution < 1.29 is 22.7 Å². The van der Waals surface area contributed by atoms with Crippen molar-refractivity contribution in [3.8, 4) is 6.07 Å². The molecule has 0 heterocycles. The molecule has 6 heteroatoms. The van der Waals surface area contributed by atoms with E-state index >= 15 is 0 Å². The zero-order chi connectivity index (χ0) is 16.3. The van der Waals surface area contributed by atoms with E-state index in [1.165, 1.54) is 18.2 Å². The summed E-state index contributed by atoms with van der Waals surface area (Å²) in [4.78, 5) is 11.7. The topological polar surface area (TPSA) is 50.1 Å². The molecule has 0 saturated heterocycles. The molecule has 0 saturated carbocycles. The predicted octanol–water partition coefficient (Wildman–Crippen LogP) is 3.95. The van der Waals surface area contributed by atoms with E-state index < -0.39 is 23.3 Å². The highest BCUT2D eigenvalue weighted by Crippen LogP contribution is 2.29. The molecule has 1 rings (SSSR count). The number of benzene rings is 1. The van der Waals surface area contributed by atoms with Crippen LogP contribution in [0, 0.1) is 11.3 Å². The van der Waals surface area contributed by atoms with Gasteiger partial charge in [0.05, 0.1) is 5.56 Å². The van der Waals surface area contributed by atoms with Crippen molar-refractivity contribution in [2.75, 3.05) is 0 Å². The van der Waals surface area contributed by atoms with Gasteiger partial charge in [0.15, 0.2) is 0 Å². The molecule has 1 aromatic rings. The van der Waals surface area contributed by atoms with Crippen LogP contribution in [0.4, 0.5) is 13.2 Å². The fraction of sp³-hybridized carbons (Fsp3) is 0.333. The Kier molecular flexibility index (Phi) is 4.79. The molecule has 0 aliphatic carbocycles. The first kappa shape index (κ1) is 16.8. The minimum atomic E-state index is -4.43. The van der Waals surface area contributed by atoms with E-state index in [1.807, 2.05) is 0 Å². The summed E-state index contributed by atoms with van der Waals surface area (Å²) in [6.45, 7) is 4.95. The number of ether oxygens (including phenoxy) is 1. The maximum absolute atomic E-state index is 12.4. The number of nitrogens with zero attached hydrogens (tertiary/aromatic N) is 1. The summed E-state index contributed by atoms with van der Waals surface area (Å²) in [5.41, 5.74) is -1.52. The van der Waals surface area contributed by atoms with Crippen LogP contribution in [0.2, 0.25) is 0 Å². The summed E-state index contributed by atoms with van der Waals surface area (Å²) in [6.07, 6.45) is -3.24. The van der Waals surface area contributed by atoms with Gasteiger partial charge in [-0.3, -0.25) is 0 Å². The molecule has 1 aromatic carbocycles. The second-order valence-corrected chi connectivity index (χ2v) is 5.29. The number of nitriles is 1. The van der Waals surface area contributed by atoms with Gasteiger partial charge in [-0.25, -0.2) is 4.79 Å². The van der Waals surface area contributed by atoms with Crippen molar-refractivity contribution >= 4 is 12.0 Å². The first-order valence-corrected chi connectivity index (χ1v) is 6.05. The average molecular weight is 297 g/mol. The first-order chi connectivity index (χ1) is 9.53. The van der Waals surface area contributed by atoms with Crippen LogP contribution >= 0.6 is 0 Å². The number of carbonyl (C=O) groups is 1. The van der Waals surface area contributed by atoms with Crippen LogP contribution in [-0.4, -0.2) is 11.6 Å². The second kappa shape index (κ2) is 6.00. The Balaban J connectivity index is 3.00. The van der Waals surface area contributed by atoms with Crippen molar-refractivity contribution in [1.82, 2.24) is 0 Å². The van der Waals surface area contributed by atoms with E-state index in [9.17, 15) is 18.0 Å². The summed E-state index contributed by atoms with van der Waals surface area (Å²) < 4.78 is 42.3. The minimum absolute atomic E-state index is 0.273. The zero-order valence-electron chi connectivity index (χ0n) is 11.8. The summed E-state index contributed by atoms with van der Waals surface area (Å²) in [7, 11) is 0. The number of halogens is 3. The lowest BCUT2D eigenvalue weighted by Crippen LogP contribution is -2.24. The minimum Gasteiger partial charge on any atom is -0.456 e. The highest BCUT2D eigenvalue weighted by atomic mass is 19.4. The highest BCUT2D eigenvalue weighted by molar-refractivity contribution is 5.98. The van der Waals surface area contributed by atoms with Gasteiger partial charge >= 0.3 is 12.1 Å². The third-order valence-electron chi connectivity index (χ3n) is 2.29. The van der Waals surface area contributed by atoms with Crippen LogP contribution in [0.25, 0.3) is 6.08 Å². The van der Waals surface area contributed by atoms with Gasteiger partial charge in [-0.15, -0.1) is 0 Å². The third kappa shape index (κ3) is 5.30. The number of esters is 1. The summed E-state index contributed by atoms with van der Waals surface area (Å²) >= 11 is 0.